The Balaban J connectivity index is 2.41. The fourth-order valence-corrected chi connectivity index (χ4v) is 2.08. The van der Waals surface area contributed by atoms with E-state index in [4.69, 9.17) is 5.73 Å². The molecule has 15 heavy (non-hydrogen) atoms. The van der Waals surface area contributed by atoms with Crippen LogP contribution >= 0.6 is 0 Å². The van der Waals surface area contributed by atoms with Gasteiger partial charge in [-0.25, -0.2) is 4.39 Å². The molecule has 1 aromatic carbocycles. The molecule has 0 spiro atoms. The van der Waals surface area contributed by atoms with Crippen molar-refractivity contribution in [1.29, 1.82) is 0 Å². The van der Waals surface area contributed by atoms with Crippen LogP contribution in [0.15, 0.2) is 18.2 Å². The van der Waals surface area contributed by atoms with Gasteiger partial charge in [0.2, 0.25) is 0 Å². The van der Waals surface area contributed by atoms with Crippen LogP contribution in [0.4, 0.5) is 4.39 Å². The second-order valence-corrected chi connectivity index (χ2v) is 5.25. The second kappa shape index (κ2) is 3.05. The number of hydrogen-bond donors (Lipinski definition) is 1. The quantitative estimate of drug-likeness (QED) is 0.792. The van der Waals surface area contributed by atoms with Gasteiger partial charge in [0.1, 0.15) is 5.82 Å². The van der Waals surface area contributed by atoms with E-state index in [1.807, 2.05) is 12.1 Å². The minimum absolute atomic E-state index is 0.0640. The molecule has 2 heteroatoms. The lowest BCUT2D eigenvalue weighted by molar-refractivity contribution is 0.390. The van der Waals surface area contributed by atoms with Crippen LogP contribution in [0.2, 0.25) is 0 Å². The molecule has 1 aromatic rings. The van der Waals surface area contributed by atoms with E-state index < -0.39 is 0 Å². The first-order chi connectivity index (χ1) is 6.87. The summed E-state index contributed by atoms with van der Waals surface area (Å²) in [5, 5.41) is 0. The van der Waals surface area contributed by atoms with Crippen LogP contribution in [0.3, 0.4) is 0 Å². The molecule has 1 fully saturated rings. The van der Waals surface area contributed by atoms with Crippen LogP contribution in [-0.4, -0.2) is 5.54 Å². The zero-order chi connectivity index (χ0) is 11.3. The van der Waals surface area contributed by atoms with Gasteiger partial charge in [-0.3, -0.25) is 0 Å². The van der Waals surface area contributed by atoms with E-state index in [1.54, 1.807) is 6.92 Å². The highest BCUT2D eigenvalue weighted by Crippen LogP contribution is 2.49. The van der Waals surface area contributed by atoms with E-state index in [1.165, 1.54) is 6.07 Å². The Labute approximate surface area is 90.5 Å². The number of benzene rings is 1. The lowest BCUT2D eigenvalue weighted by Crippen LogP contribution is -2.43. The van der Waals surface area contributed by atoms with Crippen LogP contribution in [0.5, 0.6) is 0 Å². The minimum atomic E-state index is -0.142. The van der Waals surface area contributed by atoms with Crippen LogP contribution in [0.25, 0.3) is 0 Å². The Hall–Kier alpha value is -0.890. The summed E-state index contributed by atoms with van der Waals surface area (Å²) in [6, 6.07) is 5.32. The predicted molar refractivity (Wildman–Crippen MR) is 60.3 cm³/mol. The van der Waals surface area contributed by atoms with E-state index in [2.05, 4.69) is 13.8 Å². The molecule has 0 amide bonds. The van der Waals surface area contributed by atoms with E-state index in [9.17, 15) is 4.39 Å². The van der Waals surface area contributed by atoms with Crippen molar-refractivity contribution >= 4 is 0 Å². The largest absolute Gasteiger partial charge is 0.324 e. The fraction of sp³-hybridized carbons (Fsp3) is 0.538. The van der Waals surface area contributed by atoms with Crippen LogP contribution in [0, 0.1) is 12.7 Å². The third-order valence-electron chi connectivity index (χ3n) is 3.91. The molecule has 1 aliphatic carbocycles. The first kappa shape index (κ1) is 10.6. The van der Waals surface area contributed by atoms with Gasteiger partial charge >= 0.3 is 0 Å². The van der Waals surface area contributed by atoms with Crippen LogP contribution < -0.4 is 5.73 Å². The molecule has 0 aliphatic heterocycles. The molecule has 0 radical (unpaired) electrons. The van der Waals surface area contributed by atoms with Gasteiger partial charge in [0.25, 0.3) is 0 Å². The minimum Gasteiger partial charge on any atom is -0.324 e. The number of nitrogens with two attached hydrogens (primary N) is 1. The van der Waals surface area contributed by atoms with Gasteiger partial charge in [0.05, 0.1) is 0 Å². The van der Waals surface area contributed by atoms with E-state index in [-0.39, 0.29) is 16.8 Å². The Bertz CT molecular complexity index is 392. The second-order valence-electron chi connectivity index (χ2n) is 5.25. The van der Waals surface area contributed by atoms with Gasteiger partial charge in [0, 0.05) is 11.0 Å². The Morgan fingerprint density at radius 1 is 1.33 bits per heavy atom. The monoisotopic (exact) mass is 207 g/mol. The van der Waals surface area contributed by atoms with Crippen molar-refractivity contribution in [2.24, 2.45) is 5.73 Å². The third kappa shape index (κ3) is 1.57. The van der Waals surface area contributed by atoms with Crippen LogP contribution in [-0.2, 0) is 5.41 Å². The maximum atomic E-state index is 13.2. The molecule has 1 saturated carbocycles. The fourth-order valence-electron chi connectivity index (χ4n) is 2.08. The number of aryl methyl sites for hydroxylation is 1. The van der Waals surface area contributed by atoms with Crippen molar-refractivity contribution in [3.63, 3.8) is 0 Å². The molecule has 82 valence electrons. The van der Waals surface area contributed by atoms with Gasteiger partial charge in [-0.1, -0.05) is 26.0 Å². The highest BCUT2D eigenvalue weighted by atomic mass is 19.1. The summed E-state index contributed by atoms with van der Waals surface area (Å²) < 4.78 is 13.2. The maximum absolute atomic E-state index is 13.2. The predicted octanol–water partition coefficient (Wildman–Crippen LogP) is 2.90. The third-order valence-corrected chi connectivity index (χ3v) is 3.91. The van der Waals surface area contributed by atoms with E-state index in [0.29, 0.717) is 5.56 Å². The maximum Gasteiger partial charge on any atom is 0.126 e. The highest BCUT2D eigenvalue weighted by molar-refractivity contribution is 5.35. The van der Waals surface area contributed by atoms with E-state index in [0.717, 1.165) is 18.4 Å². The summed E-state index contributed by atoms with van der Waals surface area (Å²) in [7, 11) is 0. The smallest absolute Gasteiger partial charge is 0.126 e. The summed E-state index contributed by atoms with van der Waals surface area (Å²) >= 11 is 0. The summed E-state index contributed by atoms with van der Waals surface area (Å²) in [5.74, 6) is -0.142. The van der Waals surface area contributed by atoms with Crippen molar-refractivity contribution in [2.45, 2.75) is 44.6 Å². The molecule has 0 unspecified atom stereocenters. The van der Waals surface area contributed by atoms with Gasteiger partial charge in [-0.15, -0.1) is 0 Å². The Kier molecular flexibility index (Phi) is 2.16. The van der Waals surface area contributed by atoms with Gasteiger partial charge in [-0.2, -0.15) is 0 Å². The Morgan fingerprint density at radius 3 is 2.40 bits per heavy atom. The average Bonchev–Trinajstić information content (AvgIpc) is 2.90. The molecule has 2 rings (SSSR count). The zero-order valence-electron chi connectivity index (χ0n) is 9.60. The Morgan fingerprint density at radius 2 is 1.93 bits per heavy atom. The molecule has 0 saturated heterocycles. The molecule has 2 N–H and O–H groups in total. The summed E-state index contributed by atoms with van der Waals surface area (Å²) in [6.45, 7) is 6.09. The molecule has 0 atom stereocenters. The molecule has 0 aromatic heterocycles. The average molecular weight is 207 g/mol. The van der Waals surface area contributed by atoms with Crippen molar-refractivity contribution in [2.75, 3.05) is 0 Å². The molecule has 0 bridgehead atoms. The van der Waals surface area contributed by atoms with Crippen molar-refractivity contribution < 1.29 is 4.39 Å². The lowest BCUT2D eigenvalue weighted by atomic mass is 9.75. The summed E-state index contributed by atoms with van der Waals surface area (Å²) in [5.41, 5.74) is 7.94. The molecular weight excluding hydrogens is 189 g/mol. The van der Waals surface area contributed by atoms with Crippen molar-refractivity contribution in [1.82, 2.24) is 0 Å². The summed E-state index contributed by atoms with van der Waals surface area (Å²) in [6.07, 6.45) is 2.13. The molecule has 0 heterocycles. The van der Waals surface area contributed by atoms with E-state index >= 15 is 0 Å². The lowest BCUT2D eigenvalue weighted by Gasteiger charge is -2.32. The van der Waals surface area contributed by atoms with Crippen molar-refractivity contribution in [3.8, 4) is 0 Å². The molecule has 1 aliphatic rings. The zero-order valence-corrected chi connectivity index (χ0v) is 9.60. The molecule has 1 nitrogen and oxygen atoms in total. The van der Waals surface area contributed by atoms with Crippen molar-refractivity contribution in [3.05, 3.63) is 35.1 Å². The standard InChI is InChI=1S/C13H18FN/c1-9-8-10(4-5-11(9)14)12(2,3)13(15)6-7-13/h4-5,8H,6-7,15H2,1-3H3. The summed E-state index contributed by atoms with van der Waals surface area (Å²) in [4.78, 5) is 0. The molecular formula is C13H18FN. The highest BCUT2D eigenvalue weighted by Gasteiger charge is 2.51. The number of halogens is 1. The van der Waals surface area contributed by atoms with Gasteiger partial charge in [-0.05, 0) is 37.0 Å². The topological polar surface area (TPSA) is 26.0 Å². The first-order valence-corrected chi connectivity index (χ1v) is 5.42. The number of hydrogen-bond acceptors (Lipinski definition) is 1. The van der Waals surface area contributed by atoms with Crippen LogP contribution in [0.1, 0.15) is 37.8 Å². The normalized spacial score (nSPS) is 19.0. The van der Waals surface area contributed by atoms with Gasteiger partial charge < -0.3 is 5.73 Å². The van der Waals surface area contributed by atoms with Gasteiger partial charge in [0.15, 0.2) is 0 Å². The number of rotatable bonds is 2. The SMILES string of the molecule is Cc1cc(C(C)(C)C2(N)CC2)ccc1F. The first-order valence-electron chi connectivity index (χ1n) is 5.42.